The minimum absolute atomic E-state index is 0.0299. The molecular weight excluding hydrogens is 678 g/mol. The number of nitrogens with zero attached hydrogens (tertiary/aromatic N) is 9. The monoisotopic (exact) mass is 721 g/mol. The molecule has 2 atom stereocenters. The fourth-order valence-electron chi connectivity index (χ4n) is 6.62. The molecule has 0 unspecified atom stereocenters. The third kappa shape index (κ3) is 7.80. The SMILES string of the molecule is CCC.CN(C)C(=O)c1ccc2c(n1)N(C(=O)Nc1ccccn1)[C@H]1CCN2C1.O=C(O)c1ccc2c(n1)N(C(=O)Nc1ccccn1)[C@H]1CCN2C1. The van der Waals surface area contributed by atoms with Gasteiger partial charge in [-0.2, -0.15) is 0 Å². The summed E-state index contributed by atoms with van der Waals surface area (Å²) in [5.74, 6) is 0.539. The molecule has 3 N–H and O–H groups in total. The van der Waals surface area contributed by atoms with Crippen molar-refractivity contribution in [2.45, 2.75) is 45.2 Å². The lowest BCUT2D eigenvalue weighted by Gasteiger charge is -2.35. The Hall–Kier alpha value is -6.32. The van der Waals surface area contributed by atoms with Crippen LogP contribution in [-0.2, 0) is 0 Å². The van der Waals surface area contributed by atoms with Gasteiger partial charge in [0.25, 0.3) is 5.91 Å². The Morgan fingerprint density at radius 2 is 1.17 bits per heavy atom. The molecule has 4 aliphatic rings. The highest BCUT2D eigenvalue weighted by Crippen LogP contribution is 2.40. The number of nitrogens with one attached hydrogen (secondary N) is 2. The molecule has 4 aromatic heterocycles. The Bertz CT molecular complexity index is 1960. The summed E-state index contributed by atoms with van der Waals surface area (Å²) < 4.78 is 0. The number of anilines is 6. The van der Waals surface area contributed by atoms with Crippen molar-refractivity contribution in [2.75, 3.05) is 70.5 Å². The van der Waals surface area contributed by atoms with Gasteiger partial charge >= 0.3 is 18.0 Å². The van der Waals surface area contributed by atoms with E-state index < -0.39 is 5.97 Å². The number of pyridine rings is 4. The van der Waals surface area contributed by atoms with Crippen molar-refractivity contribution in [3.05, 3.63) is 84.4 Å². The third-order valence-corrected chi connectivity index (χ3v) is 8.99. The first-order chi connectivity index (χ1) is 25.6. The Kier molecular flexibility index (Phi) is 11.0. The topological polar surface area (TPSA) is 180 Å². The Morgan fingerprint density at radius 3 is 1.58 bits per heavy atom. The molecule has 5 amide bonds. The molecule has 0 saturated carbocycles. The highest BCUT2D eigenvalue weighted by Gasteiger charge is 2.42. The zero-order valence-corrected chi connectivity index (χ0v) is 30.1. The molecule has 16 heteroatoms. The van der Waals surface area contributed by atoms with Crippen molar-refractivity contribution >= 4 is 58.6 Å². The van der Waals surface area contributed by atoms with Gasteiger partial charge < -0.3 is 19.8 Å². The van der Waals surface area contributed by atoms with Gasteiger partial charge in [0.15, 0.2) is 17.3 Å². The molecule has 2 fully saturated rings. The lowest BCUT2D eigenvalue weighted by Crippen LogP contribution is -2.48. The number of carboxylic acid groups (broad SMARTS) is 1. The van der Waals surface area contributed by atoms with E-state index in [0.717, 1.165) is 50.4 Å². The lowest BCUT2D eigenvalue weighted by molar-refractivity contribution is 0.0690. The maximum Gasteiger partial charge on any atom is 0.354 e. The van der Waals surface area contributed by atoms with Crippen LogP contribution in [0.4, 0.5) is 44.2 Å². The first-order valence-corrected chi connectivity index (χ1v) is 17.6. The fourth-order valence-corrected chi connectivity index (χ4v) is 6.62. The third-order valence-electron chi connectivity index (χ3n) is 8.99. The smallest absolute Gasteiger partial charge is 0.354 e. The molecule has 53 heavy (non-hydrogen) atoms. The summed E-state index contributed by atoms with van der Waals surface area (Å²) >= 11 is 0. The zero-order valence-electron chi connectivity index (χ0n) is 30.1. The van der Waals surface area contributed by atoms with E-state index in [0.29, 0.717) is 29.0 Å². The Morgan fingerprint density at radius 1 is 0.717 bits per heavy atom. The van der Waals surface area contributed by atoms with Crippen molar-refractivity contribution < 1.29 is 24.3 Å². The standard InChI is InChI=1S/C18H20N6O2.C16H15N5O3.C3H8/c1-22(2)17(25)13-6-7-14-16(20-13)24(12-8-10-23(14)11-12)18(26)21-15-5-3-4-9-19-15;22-15(23)11-4-5-12-14(18-11)21(10-6-8-20(12)9-10)16(24)19-13-3-1-2-7-17-13;1-3-2/h3-7,9,12H,8,10-11H2,1-2H3,(H,19,21,26);1-5,7,10H,6,8-9H2,(H,22,23)(H,17,19,24);3H2,1-2H3/t12-;10-;/m00./s1. The minimum atomic E-state index is -1.11. The molecular formula is C37H43N11O5. The van der Waals surface area contributed by atoms with Gasteiger partial charge in [-0.3, -0.25) is 25.2 Å². The molecule has 0 aliphatic carbocycles. The van der Waals surface area contributed by atoms with Crippen molar-refractivity contribution in [1.82, 2.24) is 24.8 Å². The molecule has 0 radical (unpaired) electrons. The van der Waals surface area contributed by atoms with Crippen LogP contribution < -0.4 is 30.2 Å². The molecule has 276 valence electrons. The maximum atomic E-state index is 13.0. The van der Waals surface area contributed by atoms with Crippen LogP contribution in [0.5, 0.6) is 0 Å². The maximum absolute atomic E-state index is 13.0. The van der Waals surface area contributed by atoms with Gasteiger partial charge in [-0.05, 0) is 61.4 Å². The van der Waals surface area contributed by atoms with Gasteiger partial charge in [0.1, 0.15) is 17.3 Å². The van der Waals surface area contributed by atoms with Gasteiger partial charge in [-0.25, -0.2) is 34.3 Å². The normalized spacial score (nSPS) is 17.3. The van der Waals surface area contributed by atoms with Crippen molar-refractivity contribution in [3.63, 3.8) is 0 Å². The van der Waals surface area contributed by atoms with Crippen LogP contribution in [0.25, 0.3) is 0 Å². The summed E-state index contributed by atoms with van der Waals surface area (Å²) in [6.45, 7) is 7.43. The number of carbonyl (C=O) groups excluding carboxylic acids is 3. The molecule has 8 rings (SSSR count). The first kappa shape index (κ1) is 36.5. The van der Waals surface area contributed by atoms with E-state index in [1.54, 1.807) is 78.8 Å². The van der Waals surface area contributed by atoms with Gasteiger partial charge in [0, 0.05) is 52.7 Å². The van der Waals surface area contributed by atoms with Crippen molar-refractivity contribution in [2.24, 2.45) is 0 Å². The van der Waals surface area contributed by atoms with Crippen LogP contribution in [0.15, 0.2) is 73.1 Å². The number of aromatic carboxylic acids is 1. The van der Waals surface area contributed by atoms with E-state index in [1.165, 1.54) is 17.4 Å². The lowest BCUT2D eigenvalue weighted by atomic mass is 10.1. The fraction of sp³-hybridized carbons (Fsp3) is 0.351. The van der Waals surface area contributed by atoms with Crippen LogP contribution >= 0.6 is 0 Å². The Balaban J connectivity index is 0.000000169. The van der Waals surface area contributed by atoms with E-state index in [4.69, 9.17) is 0 Å². The van der Waals surface area contributed by atoms with Crippen LogP contribution in [-0.4, -0.2) is 106 Å². The molecule has 4 aromatic rings. The number of fused-ring (bicyclic) bond motifs is 8. The summed E-state index contributed by atoms with van der Waals surface area (Å²) in [7, 11) is 3.37. The Labute approximate surface area is 307 Å². The van der Waals surface area contributed by atoms with E-state index in [1.807, 2.05) is 12.1 Å². The second-order valence-electron chi connectivity index (χ2n) is 13.1. The number of carboxylic acids is 1. The van der Waals surface area contributed by atoms with E-state index in [2.05, 4.69) is 54.2 Å². The molecule has 4 aliphatic heterocycles. The van der Waals surface area contributed by atoms with Crippen LogP contribution in [0.1, 0.15) is 54.1 Å². The minimum Gasteiger partial charge on any atom is -0.477 e. The second-order valence-corrected chi connectivity index (χ2v) is 13.1. The average molecular weight is 722 g/mol. The highest BCUT2D eigenvalue weighted by atomic mass is 16.4. The summed E-state index contributed by atoms with van der Waals surface area (Å²) in [5, 5.41) is 14.8. The number of aromatic nitrogens is 4. The highest BCUT2D eigenvalue weighted by molar-refractivity contribution is 6.06. The summed E-state index contributed by atoms with van der Waals surface area (Å²) in [6.07, 6.45) is 6.15. The van der Waals surface area contributed by atoms with Crippen LogP contribution in [0.3, 0.4) is 0 Å². The number of rotatable bonds is 4. The van der Waals surface area contributed by atoms with Gasteiger partial charge in [-0.1, -0.05) is 32.4 Å². The predicted octanol–water partition coefficient (Wildman–Crippen LogP) is 5.03. The van der Waals surface area contributed by atoms with Gasteiger partial charge in [-0.15, -0.1) is 0 Å². The average Bonchev–Trinajstić information content (AvgIpc) is 3.78. The van der Waals surface area contributed by atoms with Crippen molar-refractivity contribution in [1.29, 1.82) is 0 Å². The number of amides is 5. The summed E-state index contributed by atoms with van der Waals surface area (Å²) in [4.78, 5) is 75.3. The van der Waals surface area contributed by atoms with Crippen LogP contribution in [0.2, 0.25) is 0 Å². The van der Waals surface area contributed by atoms with E-state index >= 15 is 0 Å². The van der Waals surface area contributed by atoms with Gasteiger partial charge in [0.05, 0.1) is 23.5 Å². The zero-order chi connectivity index (χ0) is 37.6. The molecule has 0 spiro atoms. The number of urea groups is 2. The molecule has 4 bridgehead atoms. The van der Waals surface area contributed by atoms with Gasteiger partial charge in [0.2, 0.25) is 0 Å². The largest absolute Gasteiger partial charge is 0.477 e. The number of hydrogen-bond donors (Lipinski definition) is 3. The number of carbonyl (C=O) groups is 4. The predicted molar refractivity (Wildman–Crippen MR) is 202 cm³/mol. The van der Waals surface area contributed by atoms with Crippen molar-refractivity contribution in [3.8, 4) is 0 Å². The number of hydrogen-bond acceptors (Lipinski definition) is 10. The first-order valence-electron chi connectivity index (χ1n) is 17.6. The molecule has 8 heterocycles. The van der Waals surface area contributed by atoms with Crippen LogP contribution in [0, 0.1) is 0 Å². The molecule has 16 nitrogen and oxygen atoms in total. The summed E-state index contributed by atoms with van der Waals surface area (Å²) in [6, 6.07) is 16.7. The van der Waals surface area contributed by atoms with E-state index in [9.17, 15) is 24.3 Å². The quantitative estimate of drug-likeness (QED) is 0.257. The summed E-state index contributed by atoms with van der Waals surface area (Å²) in [5.41, 5.74) is 1.91. The second kappa shape index (κ2) is 15.9. The molecule has 2 saturated heterocycles. The van der Waals surface area contributed by atoms with E-state index in [-0.39, 0.29) is 35.7 Å². The molecule has 0 aromatic carbocycles.